The van der Waals surface area contributed by atoms with E-state index in [-0.39, 0.29) is 19.1 Å². The molecule has 0 aliphatic heterocycles. The van der Waals surface area contributed by atoms with E-state index in [1.54, 1.807) is 0 Å². The lowest BCUT2D eigenvalue weighted by Crippen LogP contribution is -2.43. The summed E-state index contributed by atoms with van der Waals surface area (Å²) in [6.45, 7) is 1.59. The van der Waals surface area contributed by atoms with Crippen LogP contribution in [-0.4, -0.2) is 57.1 Å². The van der Waals surface area contributed by atoms with E-state index in [0.717, 1.165) is 0 Å². The van der Waals surface area contributed by atoms with Crippen molar-refractivity contribution >= 4 is 5.91 Å². The van der Waals surface area contributed by atoms with Crippen molar-refractivity contribution < 1.29 is 19.4 Å². The number of rotatable bonds is 9. The van der Waals surface area contributed by atoms with E-state index in [1.807, 2.05) is 0 Å². The van der Waals surface area contributed by atoms with Crippen LogP contribution in [-0.2, 0) is 14.3 Å². The third kappa shape index (κ3) is 8.31. The van der Waals surface area contributed by atoms with E-state index in [4.69, 9.17) is 20.3 Å². The smallest absolute Gasteiger partial charge is 0.239 e. The van der Waals surface area contributed by atoms with E-state index in [2.05, 4.69) is 5.32 Å². The average Bonchev–Trinajstić information content (AvgIpc) is 2.23. The number of hydrogen-bond donors (Lipinski definition) is 3. The first-order valence-corrected chi connectivity index (χ1v) is 4.93. The fourth-order valence-electron chi connectivity index (χ4n) is 0.939. The van der Waals surface area contributed by atoms with Gasteiger partial charge in [-0.3, -0.25) is 4.79 Å². The van der Waals surface area contributed by atoms with Gasteiger partial charge in [-0.05, 0) is 6.42 Å². The van der Waals surface area contributed by atoms with Gasteiger partial charge in [0.05, 0.1) is 19.8 Å². The highest BCUT2D eigenvalue weighted by Crippen LogP contribution is 1.83. The van der Waals surface area contributed by atoms with Crippen molar-refractivity contribution in [3.8, 4) is 0 Å². The van der Waals surface area contributed by atoms with Crippen molar-refractivity contribution in [1.29, 1.82) is 0 Å². The molecule has 0 saturated heterocycles. The van der Waals surface area contributed by atoms with E-state index >= 15 is 0 Å². The van der Waals surface area contributed by atoms with Crippen molar-refractivity contribution in [3.63, 3.8) is 0 Å². The van der Waals surface area contributed by atoms with E-state index < -0.39 is 6.04 Å². The molecular formula is C9H20N2O4. The maximum absolute atomic E-state index is 11.2. The molecule has 15 heavy (non-hydrogen) atoms. The number of ether oxygens (including phenoxy) is 2. The van der Waals surface area contributed by atoms with Gasteiger partial charge in [0.1, 0.15) is 6.04 Å². The summed E-state index contributed by atoms with van der Waals surface area (Å²) in [6, 6.07) is -0.617. The predicted octanol–water partition coefficient (Wildman–Crippen LogP) is -1.52. The molecule has 0 bridgehead atoms. The van der Waals surface area contributed by atoms with Crippen LogP contribution in [0.25, 0.3) is 0 Å². The molecule has 4 N–H and O–H groups in total. The Balaban J connectivity index is 3.30. The summed E-state index contributed by atoms with van der Waals surface area (Å²) in [4.78, 5) is 11.2. The van der Waals surface area contributed by atoms with Crippen LogP contribution < -0.4 is 11.1 Å². The number of nitrogens with two attached hydrogens (primary N) is 1. The molecular weight excluding hydrogens is 200 g/mol. The predicted molar refractivity (Wildman–Crippen MR) is 55.4 cm³/mol. The van der Waals surface area contributed by atoms with Crippen molar-refractivity contribution in [2.75, 3.05) is 40.1 Å². The summed E-state index contributed by atoms with van der Waals surface area (Å²) in [6.07, 6.45) is 0.700. The summed E-state index contributed by atoms with van der Waals surface area (Å²) in [7, 11) is 1.50. The Morgan fingerprint density at radius 2 is 2.27 bits per heavy atom. The normalized spacial score (nSPS) is 12.5. The molecule has 0 aromatic rings. The molecule has 0 aromatic carbocycles. The van der Waals surface area contributed by atoms with Crippen molar-refractivity contribution in [1.82, 2.24) is 5.32 Å². The standard InChI is InChI=1S/C9H20N2O4/c1-14-7-8(10)9(13)11-3-2-5-15-6-4-12/h8,12H,2-7,10H2,1H3,(H,11,13). The third-order valence-corrected chi connectivity index (χ3v) is 1.68. The Bertz CT molecular complexity index is 166. The van der Waals surface area contributed by atoms with Gasteiger partial charge in [0.15, 0.2) is 0 Å². The van der Waals surface area contributed by atoms with Crippen molar-refractivity contribution in [3.05, 3.63) is 0 Å². The topological polar surface area (TPSA) is 93.8 Å². The van der Waals surface area contributed by atoms with Crippen LogP contribution in [0.5, 0.6) is 0 Å². The Morgan fingerprint density at radius 1 is 1.53 bits per heavy atom. The third-order valence-electron chi connectivity index (χ3n) is 1.68. The second-order valence-electron chi connectivity index (χ2n) is 3.04. The molecule has 0 radical (unpaired) electrons. The summed E-state index contributed by atoms with van der Waals surface area (Å²) >= 11 is 0. The maximum atomic E-state index is 11.2. The first-order chi connectivity index (χ1) is 7.22. The zero-order valence-corrected chi connectivity index (χ0v) is 9.07. The number of aliphatic hydroxyl groups is 1. The minimum Gasteiger partial charge on any atom is -0.394 e. The fraction of sp³-hybridized carbons (Fsp3) is 0.889. The molecule has 0 aliphatic rings. The summed E-state index contributed by atoms with van der Waals surface area (Å²) in [5.74, 6) is -0.223. The summed E-state index contributed by atoms with van der Waals surface area (Å²) in [5, 5.41) is 11.1. The molecule has 0 aromatic heterocycles. The second kappa shape index (κ2) is 9.85. The minimum atomic E-state index is -0.617. The minimum absolute atomic E-state index is 0.0189. The van der Waals surface area contributed by atoms with Gasteiger partial charge in [-0.15, -0.1) is 0 Å². The molecule has 1 unspecified atom stereocenters. The lowest BCUT2D eigenvalue weighted by Gasteiger charge is -2.10. The molecule has 0 rings (SSSR count). The molecule has 90 valence electrons. The Morgan fingerprint density at radius 3 is 2.87 bits per heavy atom. The van der Waals surface area contributed by atoms with Crippen LogP contribution in [0, 0.1) is 0 Å². The number of aliphatic hydroxyl groups excluding tert-OH is 1. The van der Waals surface area contributed by atoms with Crippen LogP contribution in [0.15, 0.2) is 0 Å². The lowest BCUT2D eigenvalue weighted by molar-refractivity contribution is -0.123. The zero-order valence-electron chi connectivity index (χ0n) is 9.07. The van der Waals surface area contributed by atoms with Gasteiger partial charge in [0, 0.05) is 20.3 Å². The fourth-order valence-corrected chi connectivity index (χ4v) is 0.939. The zero-order chi connectivity index (χ0) is 11.5. The van der Waals surface area contributed by atoms with Crippen LogP contribution in [0.4, 0.5) is 0 Å². The molecule has 0 spiro atoms. The molecule has 1 atom stereocenters. The molecule has 0 aliphatic carbocycles. The first kappa shape index (κ1) is 14.3. The van der Waals surface area contributed by atoms with Crippen LogP contribution in [0.3, 0.4) is 0 Å². The molecule has 6 nitrogen and oxygen atoms in total. The molecule has 0 saturated carbocycles. The van der Waals surface area contributed by atoms with E-state index in [1.165, 1.54) is 7.11 Å². The van der Waals surface area contributed by atoms with Gasteiger partial charge >= 0.3 is 0 Å². The lowest BCUT2D eigenvalue weighted by atomic mass is 10.3. The van der Waals surface area contributed by atoms with Gasteiger partial charge in [-0.25, -0.2) is 0 Å². The van der Waals surface area contributed by atoms with Gasteiger partial charge in [-0.1, -0.05) is 0 Å². The highest BCUT2D eigenvalue weighted by molar-refractivity contribution is 5.81. The van der Waals surface area contributed by atoms with Gasteiger partial charge < -0.3 is 25.6 Å². The average molecular weight is 220 g/mol. The quantitative estimate of drug-likeness (QED) is 0.410. The van der Waals surface area contributed by atoms with Gasteiger partial charge in [0.2, 0.25) is 5.91 Å². The number of amides is 1. The number of methoxy groups -OCH3 is 1. The molecule has 0 fully saturated rings. The summed E-state index contributed by atoms with van der Waals surface area (Å²) < 4.78 is 9.76. The number of carbonyl (C=O) groups excluding carboxylic acids is 1. The highest BCUT2D eigenvalue weighted by Gasteiger charge is 2.11. The summed E-state index contributed by atoms with van der Waals surface area (Å²) in [5.41, 5.74) is 5.49. The van der Waals surface area contributed by atoms with Crippen LogP contribution in [0.2, 0.25) is 0 Å². The Kier molecular flexibility index (Phi) is 9.40. The second-order valence-corrected chi connectivity index (χ2v) is 3.04. The SMILES string of the molecule is COCC(N)C(=O)NCCCOCCO. The number of carbonyl (C=O) groups is 1. The molecule has 0 heterocycles. The molecule has 6 heteroatoms. The van der Waals surface area contributed by atoms with E-state index in [0.29, 0.717) is 26.2 Å². The number of nitrogens with one attached hydrogen (secondary N) is 1. The van der Waals surface area contributed by atoms with Crippen LogP contribution in [0.1, 0.15) is 6.42 Å². The first-order valence-electron chi connectivity index (χ1n) is 4.93. The Labute approximate surface area is 89.7 Å². The largest absolute Gasteiger partial charge is 0.394 e. The maximum Gasteiger partial charge on any atom is 0.239 e. The van der Waals surface area contributed by atoms with Gasteiger partial charge in [-0.2, -0.15) is 0 Å². The Hall–Kier alpha value is -0.690. The van der Waals surface area contributed by atoms with Crippen molar-refractivity contribution in [2.45, 2.75) is 12.5 Å². The van der Waals surface area contributed by atoms with Crippen LogP contribution >= 0.6 is 0 Å². The highest BCUT2D eigenvalue weighted by atomic mass is 16.5. The monoisotopic (exact) mass is 220 g/mol. The van der Waals surface area contributed by atoms with Gasteiger partial charge in [0.25, 0.3) is 0 Å². The number of hydrogen-bond acceptors (Lipinski definition) is 5. The van der Waals surface area contributed by atoms with Crippen molar-refractivity contribution in [2.24, 2.45) is 5.73 Å². The molecule has 1 amide bonds. The van der Waals surface area contributed by atoms with E-state index in [9.17, 15) is 4.79 Å².